The molecule has 1 atom stereocenters. The molecule has 134 valence electrons. The molecule has 5 nitrogen and oxygen atoms in total. The second kappa shape index (κ2) is 8.25. The van der Waals surface area contributed by atoms with Gasteiger partial charge in [-0.15, -0.1) is 0 Å². The Morgan fingerprint density at radius 2 is 1.72 bits per heavy atom. The number of hydrogen-bond acceptors (Lipinski definition) is 3. The summed E-state index contributed by atoms with van der Waals surface area (Å²) in [5, 5.41) is 5.92. The van der Waals surface area contributed by atoms with Crippen LogP contribution < -0.4 is 20.1 Å². The molecule has 6 heteroatoms. The van der Waals surface area contributed by atoms with Gasteiger partial charge in [-0.3, -0.25) is 0 Å². The van der Waals surface area contributed by atoms with E-state index in [2.05, 4.69) is 26.6 Å². The standard InChI is InChI=1S/C19H23BrN2O3/c1-5-19(2,13-9-7-6-8-10-13)22-18(23)21-15-12-17(25-4)16(24-3)11-14(15)20/h6-12H,5H2,1-4H3,(H2,21,22,23). The van der Waals surface area contributed by atoms with Crippen LogP contribution in [-0.4, -0.2) is 20.3 Å². The van der Waals surface area contributed by atoms with Crippen molar-refractivity contribution in [3.05, 3.63) is 52.5 Å². The third kappa shape index (κ3) is 4.45. The van der Waals surface area contributed by atoms with Crippen LogP contribution in [-0.2, 0) is 5.54 Å². The minimum Gasteiger partial charge on any atom is -0.493 e. The van der Waals surface area contributed by atoms with Gasteiger partial charge in [-0.1, -0.05) is 37.3 Å². The summed E-state index contributed by atoms with van der Waals surface area (Å²) in [6, 6.07) is 13.1. The van der Waals surface area contributed by atoms with E-state index in [-0.39, 0.29) is 6.03 Å². The molecule has 25 heavy (non-hydrogen) atoms. The lowest BCUT2D eigenvalue weighted by Crippen LogP contribution is -2.45. The second-order valence-electron chi connectivity index (χ2n) is 5.82. The average Bonchev–Trinajstić information content (AvgIpc) is 2.63. The van der Waals surface area contributed by atoms with Gasteiger partial charge in [0.2, 0.25) is 0 Å². The fraction of sp³-hybridized carbons (Fsp3) is 0.316. The zero-order valence-corrected chi connectivity index (χ0v) is 16.4. The molecule has 2 aromatic carbocycles. The van der Waals surface area contributed by atoms with Crippen LogP contribution in [0, 0.1) is 0 Å². The Morgan fingerprint density at radius 1 is 1.12 bits per heavy atom. The Kier molecular flexibility index (Phi) is 6.31. The Bertz CT molecular complexity index is 737. The van der Waals surface area contributed by atoms with E-state index in [1.54, 1.807) is 26.4 Å². The van der Waals surface area contributed by atoms with Crippen LogP contribution in [0.5, 0.6) is 11.5 Å². The van der Waals surface area contributed by atoms with Crippen molar-refractivity contribution in [2.75, 3.05) is 19.5 Å². The number of hydrogen-bond donors (Lipinski definition) is 2. The van der Waals surface area contributed by atoms with Gasteiger partial charge in [0.25, 0.3) is 0 Å². The number of ether oxygens (including phenoxy) is 2. The van der Waals surface area contributed by atoms with Gasteiger partial charge in [0.15, 0.2) is 11.5 Å². The van der Waals surface area contributed by atoms with Crippen molar-refractivity contribution >= 4 is 27.6 Å². The molecule has 2 amide bonds. The van der Waals surface area contributed by atoms with Crippen molar-refractivity contribution in [3.63, 3.8) is 0 Å². The summed E-state index contributed by atoms with van der Waals surface area (Å²) in [7, 11) is 3.12. The first kappa shape index (κ1) is 19.1. The number of urea groups is 1. The highest BCUT2D eigenvalue weighted by Crippen LogP contribution is 2.36. The second-order valence-corrected chi connectivity index (χ2v) is 6.67. The normalized spacial score (nSPS) is 12.8. The van der Waals surface area contributed by atoms with Gasteiger partial charge >= 0.3 is 6.03 Å². The zero-order valence-electron chi connectivity index (χ0n) is 14.9. The lowest BCUT2D eigenvalue weighted by Gasteiger charge is -2.30. The molecule has 0 aromatic heterocycles. The van der Waals surface area contributed by atoms with Crippen LogP contribution >= 0.6 is 15.9 Å². The monoisotopic (exact) mass is 406 g/mol. The molecule has 0 saturated carbocycles. The highest BCUT2D eigenvalue weighted by Gasteiger charge is 2.26. The molecule has 0 aliphatic rings. The Labute approximate surface area is 156 Å². The van der Waals surface area contributed by atoms with Crippen molar-refractivity contribution < 1.29 is 14.3 Å². The first-order chi connectivity index (χ1) is 11.9. The number of carbonyl (C=O) groups excluding carboxylic acids is 1. The van der Waals surface area contributed by atoms with E-state index in [1.807, 2.05) is 44.2 Å². The number of carbonyl (C=O) groups is 1. The summed E-state index contributed by atoms with van der Waals surface area (Å²) in [4.78, 5) is 12.6. The van der Waals surface area contributed by atoms with Crippen molar-refractivity contribution in [3.8, 4) is 11.5 Å². The lowest BCUT2D eigenvalue weighted by atomic mass is 9.89. The molecule has 0 aliphatic heterocycles. The largest absolute Gasteiger partial charge is 0.493 e. The molecule has 2 rings (SSSR count). The summed E-state index contributed by atoms with van der Waals surface area (Å²) in [5.41, 5.74) is 1.19. The molecular formula is C19H23BrN2O3. The molecule has 0 heterocycles. The predicted octanol–water partition coefficient (Wildman–Crippen LogP) is 4.91. The summed E-state index contributed by atoms with van der Waals surface area (Å²) < 4.78 is 11.2. The number of anilines is 1. The van der Waals surface area contributed by atoms with E-state index in [4.69, 9.17) is 9.47 Å². The molecule has 0 radical (unpaired) electrons. The van der Waals surface area contributed by atoms with Crippen molar-refractivity contribution in [1.29, 1.82) is 0 Å². The highest BCUT2D eigenvalue weighted by atomic mass is 79.9. The van der Waals surface area contributed by atoms with Gasteiger partial charge in [-0.05, 0) is 34.8 Å². The number of benzene rings is 2. The van der Waals surface area contributed by atoms with Gasteiger partial charge in [0, 0.05) is 16.6 Å². The van der Waals surface area contributed by atoms with Gasteiger partial charge < -0.3 is 20.1 Å². The molecule has 1 unspecified atom stereocenters. The fourth-order valence-corrected chi connectivity index (χ4v) is 2.95. The summed E-state index contributed by atoms with van der Waals surface area (Å²) >= 11 is 3.44. The zero-order chi connectivity index (χ0) is 18.4. The molecule has 2 N–H and O–H groups in total. The van der Waals surface area contributed by atoms with E-state index in [1.165, 1.54) is 0 Å². The SMILES string of the molecule is CCC(C)(NC(=O)Nc1cc(OC)c(OC)cc1Br)c1ccccc1. The van der Waals surface area contributed by atoms with Crippen LogP contribution in [0.25, 0.3) is 0 Å². The number of methoxy groups -OCH3 is 2. The maximum absolute atomic E-state index is 12.6. The predicted molar refractivity (Wildman–Crippen MR) is 103 cm³/mol. The molecule has 0 bridgehead atoms. The molecule has 0 aliphatic carbocycles. The third-order valence-electron chi connectivity index (χ3n) is 4.23. The number of nitrogens with one attached hydrogen (secondary N) is 2. The summed E-state index contributed by atoms with van der Waals surface area (Å²) in [6.45, 7) is 4.05. The van der Waals surface area contributed by atoms with Crippen LogP contribution in [0.1, 0.15) is 25.8 Å². The Balaban J connectivity index is 2.19. The number of rotatable bonds is 6. The molecule has 0 fully saturated rings. The van der Waals surface area contributed by atoms with E-state index in [0.717, 1.165) is 12.0 Å². The van der Waals surface area contributed by atoms with Gasteiger partial charge in [-0.25, -0.2) is 4.79 Å². The van der Waals surface area contributed by atoms with E-state index >= 15 is 0 Å². The van der Waals surface area contributed by atoms with Crippen LogP contribution in [0.4, 0.5) is 10.5 Å². The third-order valence-corrected chi connectivity index (χ3v) is 4.88. The van der Waals surface area contributed by atoms with Gasteiger partial charge in [-0.2, -0.15) is 0 Å². The quantitative estimate of drug-likeness (QED) is 0.715. The molecular weight excluding hydrogens is 384 g/mol. The topological polar surface area (TPSA) is 59.6 Å². The van der Waals surface area contributed by atoms with Gasteiger partial charge in [0.05, 0.1) is 25.4 Å². The van der Waals surface area contributed by atoms with Crippen molar-refractivity contribution in [1.82, 2.24) is 5.32 Å². The lowest BCUT2D eigenvalue weighted by molar-refractivity contribution is 0.238. The first-order valence-corrected chi connectivity index (χ1v) is 8.79. The van der Waals surface area contributed by atoms with E-state index in [9.17, 15) is 4.79 Å². The highest BCUT2D eigenvalue weighted by molar-refractivity contribution is 9.10. The Morgan fingerprint density at radius 3 is 2.28 bits per heavy atom. The van der Waals surface area contributed by atoms with E-state index in [0.29, 0.717) is 21.7 Å². The van der Waals surface area contributed by atoms with Crippen LogP contribution in [0.3, 0.4) is 0 Å². The maximum atomic E-state index is 12.6. The summed E-state index contributed by atoms with van der Waals surface area (Å²) in [5.74, 6) is 1.13. The van der Waals surface area contributed by atoms with Crippen molar-refractivity contribution in [2.45, 2.75) is 25.8 Å². The fourth-order valence-electron chi connectivity index (χ4n) is 2.52. The number of halogens is 1. The Hall–Kier alpha value is -2.21. The summed E-state index contributed by atoms with van der Waals surface area (Å²) in [6.07, 6.45) is 0.761. The number of amides is 2. The molecule has 0 spiro atoms. The van der Waals surface area contributed by atoms with Crippen LogP contribution in [0.15, 0.2) is 46.9 Å². The minimum absolute atomic E-state index is 0.291. The van der Waals surface area contributed by atoms with Gasteiger partial charge in [0.1, 0.15) is 0 Å². The molecule has 0 saturated heterocycles. The average molecular weight is 407 g/mol. The molecule has 2 aromatic rings. The minimum atomic E-state index is -0.464. The smallest absolute Gasteiger partial charge is 0.319 e. The van der Waals surface area contributed by atoms with Crippen LogP contribution in [0.2, 0.25) is 0 Å². The van der Waals surface area contributed by atoms with E-state index < -0.39 is 5.54 Å². The maximum Gasteiger partial charge on any atom is 0.319 e. The van der Waals surface area contributed by atoms with Crippen molar-refractivity contribution in [2.24, 2.45) is 0 Å². The first-order valence-electron chi connectivity index (χ1n) is 7.99.